The molecule has 1 rings (SSSR count). The van der Waals surface area contributed by atoms with Crippen molar-refractivity contribution < 1.29 is 4.74 Å². The minimum Gasteiger partial charge on any atom is -0.379 e. The highest BCUT2D eigenvalue weighted by Gasteiger charge is 2.18. The molecule has 4 nitrogen and oxygen atoms in total. The highest BCUT2D eigenvalue weighted by molar-refractivity contribution is 6.31. The molecule has 0 aliphatic rings. The van der Waals surface area contributed by atoms with E-state index in [1.54, 1.807) is 6.20 Å². The molecule has 0 fully saturated rings. The van der Waals surface area contributed by atoms with Crippen molar-refractivity contribution in [2.45, 2.75) is 32.9 Å². The molecule has 0 saturated carbocycles. The van der Waals surface area contributed by atoms with Crippen LogP contribution in [-0.4, -0.2) is 30.0 Å². The molecule has 1 aromatic heterocycles. The van der Waals surface area contributed by atoms with Crippen LogP contribution < -0.4 is 5.32 Å². The first-order valence-corrected chi connectivity index (χ1v) is 6.08. The lowest BCUT2D eigenvalue weighted by molar-refractivity contribution is 0.112. The lowest BCUT2D eigenvalue weighted by Gasteiger charge is -2.18. The van der Waals surface area contributed by atoms with Crippen molar-refractivity contribution in [1.29, 1.82) is 0 Å². The van der Waals surface area contributed by atoms with Crippen LogP contribution in [0.2, 0.25) is 5.02 Å². The quantitative estimate of drug-likeness (QED) is 0.749. The zero-order chi connectivity index (χ0) is 12.0. The molecule has 0 saturated heterocycles. The number of nitrogens with zero attached hydrogens (tertiary/aromatic N) is 2. The van der Waals surface area contributed by atoms with Gasteiger partial charge < -0.3 is 10.1 Å². The fraction of sp³-hybridized carbons (Fsp3) is 0.727. The Hall–Kier alpha value is -0.580. The van der Waals surface area contributed by atoms with Gasteiger partial charge >= 0.3 is 0 Å². The van der Waals surface area contributed by atoms with E-state index in [2.05, 4.69) is 17.3 Å². The second-order valence-electron chi connectivity index (χ2n) is 3.61. The molecule has 1 aromatic rings. The third-order valence-electron chi connectivity index (χ3n) is 2.44. The normalized spacial score (nSPS) is 13.0. The maximum atomic E-state index is 6.13. The molecule has 1 unspecified atom stereocenters. The molecule has 0 bridgehead atoms. The topological polar surface area (TPSA) is 39.1 Å². The molecular formula is C11H20ClN3O. The van der Waals surface area contributed by atoms with Gasteiger partial charge in [0.2, 0.25) is 0 Å². The van der Waals surface area contributed by atoms with Crippen molar-refractivity contribution in [2.24, 2.45) is 0 Å². The largest absolute Gasteiger partial charge is 0.379 e. The number of nitrogens with one attached hydrogen (secondary N) is 1. The van der Waals surface area contributed by atoms with Gasteiger partial charge in [0, 0.05) is 13.2 Å². The summed E-state index contributed by atoms with van der Waals surface area (Å²) < 4.78 is 7.45. The molecule has 0 aliphatic heterocycles. The first-order valence-electron chi connectivity index (χ1n) is 5.70. The molecule has 0 amide bonds. The first kappa shape index (κ1) is 13.5. The molecule has 1 N–H and O–H groups in total. The van der Waals surface area contributed by atoms with Gasteiger partial charge in [0.15, 0.2) is 0 Å². The van der Waals surface area contributed by atoms with Crippen molar-refractivity contribution in [3.8, 4) is 0 Å². The number of aryl methyl sites for hydroxylation is 1. The Labute approximate surface area is 102 Å². The van der Waals surface area contributed by atoms with E-state index in [0.29, 0.717) is 11.6 Å². The molecule has 0 aliphatic carbocycles. The van der Waals surface area contributed by atoms with Crippen LogP contribution in [0.4, 0.5) is 0 Å². The Morgan fingerprint density at radius 1 is 1.56 bits per heavy atom. The first-order chi connectivity index (χ1) is 7.74. The van der Waals surface area contributed by atoms with E-state index in [1.165, 1.54) is 0 Å². The number of halogens is 1. The van der Waals surface area contributed by atoms with Gasteiger partial charge in [-0.05, 0) is 20.4 Å². The minimum atomic E-state index is 0.0986. The number of aromatic nitrogens is 2. The third kappa shape index (κ3) is 3.20. The predicted molar refractivity (Wildman–Crippen MR) is 65.8 cm³/mol. The van der Waals surface area contributed by atoms with Gasteiger partial charge in [0.25, 0.3) is 0 Å². The zero-order valence-corrected chi connectivity index (χ0v) is 10.9. The maximum absolute atomic E-state index is 6.13. The van der Waals surface area contributed by atoms with Gasteiger partial charge in [0.1, 0.15) is 0 Å². The summed E-state index contributed by atoms with van der Waals surface area (Å²) >= 11 is 6.13. The summed E-state index contributed by atoms with van der Waals surface area (Å²) in [6.07, 6.45) is 2.71. The average Bonchev–Trinajstić information content (AvgIpc) is 2.66. The van der Waals surface area contributed by atoms with Gasteiger partial charge in [0.05, 0.1) is 29.6 Å². The molecule has 16 heavy (non-hydrogen) atoms. The van der Waals surface area contributed by atoms with Crippen LogP contribution in [0.1, 0.15) is 32.0 Å². The van der Waals surface area contributed by atoms with E-state index in [1.807, 2.05) is 18.7 Å². The number of likely N-dealkylation sites (N-methyl/N-ethyl adjacent to an activating group) is 1. The van der Waals surface area contributed by atoms with Crippen LogP contribution in [0.25, 0.3) is 0 Å². The Morgan fingerprint density at radius 2 is 2.31 bits per heavy atom. The van der Waals surface area contributed by atoms with E-state index >= 15 is 0 Å². The monoisotopic (exact) mass is 245 g/mol. The second-order valence-corrected chi connectivity index (χ2v) is 4.02. The predicted octanol–water partition coefficient (Wildman–Crippen LogP) is 2.24. The molecule has 1 atom stereocenters. The summed E-state index contributed by atoms with van der Waals surface area (Å²) in [5, 5.41) is 8.12. The lowest BCUT2D eigenvalue weighted by Crippen LogP contribution is -2.25. The maximum Gasteiger partial charge on any atom is 0.0835 e. The Kier molecular flexibility index (Phi) is 5.80. The second kappa shape index (κ2) is 6.89. The molecule has 0 radical (unpaired) electrons. The molecule has 1 heterocycles. The molecule has 0 aromatic carbocycles. The van der Waals surface area contributed by atoms with E-state index in [9.17, 15) is 0 Å². The van der Waals surface area contributed by atoms with E-state index in [0.717, 1.165) is 25.3 Å². The highest BCUT2D eigenvalue weighted by Crippen LogP contribution is 2.22. The Bertz CT molecular complexity index is 314. The van der Waals surface area contributed by atoms with E-state index in [4.69, 9.17) is 16.3 Å². The highest BCUT2D eigenvalue weighted by atomic mass is 35.5. The van der Waals surface area contributed by atoms with Crippen molar-refractivity contribution >= 4 is 11.6 Å². The summed E-state index contributed by atoms with van der Waals surface area (Å²) in [5.74, 6) is 0. The van der Waals surface area contributed by atoms with Gasteiger partial charge in [-0.3, -0.25) is 4.68 Å². The van der Waals surface area contributed by atoms with Crippen LogP contribution >= 0.6 is 11.6 Å². The lowest BCUT2D eigenvalue weighted by atomic mass is 10.2. The van der Waals surface area contributed by atoms with Crippen molar-refractivity contribution in [2.75, 3.05) is 20.3 Å². The van der Waals surface area contributed by atoms with Gasteiger partial charge in [-0.25, -0.2) is 0 Å². The van der Waals surface area contributed by atoms with E-state index < -0.39 is 0 Å². The summed E-state index contributed by atoms with van der Waals surface area (Å²) in [5.41, 5.74) is 1.00. The van der Waals surface area contributed by atoms with Crippen LogP contribution in [0.3, 0.4) is 0 Å². The number of ether oxygens (including phenoxy) is 1. The average molecular weight is 246 g/mol. The molecule has 0 spiro atoms. The van der Waals surface area contributed by atoms with E-state index in [-0.39, 0.29) is 6.04 Å². The summed E-state index contributed by atoms with van der Waals surface area (Å²) in [7, 11) is 1.91. The third-order valence-corrected chi connectivity index (χ3v) is 2.74. The van der Waals surface area contributed by atoms with Crippen LogP contribution in [0, 0.1) is 0 Å². The summed E-state index contributed by atoms with van der Waals surface area (Å²) in [6, 6.07) is 0.0986. The SMILES string of the molecule is CCCOCC(NC)c1c(Cl)cnn1CC. The van der Waals surface area contributed by atoms with Gasteiger partial charge in [-0.2, -0.15) is 5.10 Å². The van der Waals surface area contributed by atoms with Crippen LogP contribution in [0.5, 0.6) is 0 Å². The smallest absolute Gasteiger partial charge is 0.0835 e. The molecular weight excluding hydrogens is 226 g/mol. The Balaban J connectivity index is 2.73. The Morgan fingerprint density at radius 3 is 2.88 bits per heavy atom. The minimum absolute atomic E-state index is 0.0986. The van der Waals surface area contributed by atoms with Crippen LogP contribution in [-0.2, 0) is 11.3 Å². The van der Waals surface area contributed by atoms with Crippen molar-refractivity contribution in [3.05, 3.63) is 16.9 Å². The zero-order valence-electron chi connectivity index (χ0n) is 10.2. The number of hydrogen-bond acceptors (Lipinski definition) is 3. The number of hydrogen-bond donors (Lipinski definition) is 1. The van der Waals surface area contributed by atoms with Gasteiger partial charge in [-0.15, -0.1) is 0 Å². The van der Waals surface area contributed by atoms with Gasteiger partial charge in [-0.1, -0.05) is 18.5 Å². The standard InChI is InChI=1S/C11H20ClN3O/c1-4-6-16-8-10(13-3)11-9(12)7-14-15(11)5-2/h7,10,13H,4-6,8H2,1-3H3. The number of rotatable bonds is 7. The summed E-state index contributed by atoms with van der Waals surface area (Å²) in [6.45, 7) is 6.35. The van der Waals surface area contributed by atoms with Crippen LogP contribution in [0.15, 0.2) is 6.20 Å². The molecule has 92 valence electrons. The fourth-order valence-electron chi connectivity index (χ4n) is 1.61. The van der Waals surface area contributed by atoms with Crippen molar-refractivity contribution in [1.82, 2.24) is 15.1 Å². The van der Waals surface area contributed by atoms with Crippen molar-refractivity contribution in [3.63, 3.8) is 0 Å². The summed E-state index contributed by atoms with van der Waals surface area (Å²) in [4.78, 5) is 0. The fourth-order valence-corrected chi connectivity index (χ4v) is 1.89. The molecule has 5 heteroatoms.